The van der Waals surface area contributed by atoms with Gasteiger partial charge in [0.1, 0.15) is 11.2 Å². The van der Waals surface area contributed by atoms with E-state index in [0.717, 1.165) is 12.3 Å². The molecule has 0 saturated heterocycles. The van der Waals surface area contributed by atoms with E-state index < -0.39 is 21.8 Å². The second kappa shape index (κ2) is 7.90. The van der Waals surface area contributed by atoms with E-state index in [2.05, 4.69) is 15.0 Å². The molecule has 0 radical (unpaired) electrons. The summed E-state index contributed by atoms with van der Waals surface area (Å²) in [4.78, 5) is 2.32. The van der Waals surface area contributed by atoms with E-state index in [-0.39, 0.29) is 34.4 Å². The number of rotatable bonds is 6. The maximum Gasteiger partial charge on any atom is 0.419 e. The fourth-order valence-electron chi connectivity index (χ4n) is 1.96. The van der Waals surface area contributed by atoms with Crippen molar-refractivity contribution in [2.24, 2.45) is 0 Å². The highest BCUT2D eigenvalue weighted by Gasteiger charge is 2.32. The molecular formula is C15H13ClF3N4O2S+. The molecule has 0 aliphatic carbocycles. The molecule has 0 unspecified atom stereocenters. The van der Waals surface area contributed by atoms with E-state index in [4.69, 9.17) is 16.9 Å². The van der Waals surface area contributed by atoms with E-state index in [1.54, 1.807) is 0 Å². The number of nitrogens with one attached hydrogen (secondary N) is 3. The van der Waals surface area contributed by atoms with Crippen LogP contribution in [-0.4, -0.2) is 21.5 Å². The maximum absolute atomic E-state index is 12.6. The van der Waals surface area contributed by atoms with Crippen molar-refractivity contribution in [3.63, 3.8) is 0 Å². The van der Waals surface area contributed by atoms with Crippen LogP contribution in [0.15, 0.2) is 41.4 Å². The smallest absolute Gasteiger partial charge is 0.272 e. The van der Waals surface area contributed by atoms with Crippen LogP contribution in [-0.2, 0) is 16.2 Å². The van der Waals surface area contributed by atoms with Crippen molar-refractivity contribution in [3.8, 4) is 6.07 Å². The summed E-state index contributed by atoms with van der Waals surface area (Å²) in [6.45, 7) is 0.0169. The summed E-state index contributed by atoms with van der Waals surface area (Å²) in [6, 6.07) is 8.11. The molecule has 1 heterocycles. The van der Waals surface area contributed by atoms with Crippen molar-refractivity contribution in [1.29, 1.82) is 5.26 Å². The van der Waals surface area contributed by atoms with Crippen LogP contribution in [0, 0.1) is 11.3 Å². The molecule has 0 aliphatic heterocycles. The molecule has 2 aromatic rings. The fourth-order valence-corrected chi connectivity index (χ4v) is 3.27. The van der Waals surface area contributed by atoms with E-state index >= 15 is 0 Å². The SMILES string of the molecule is N#Cc1cccc(S(=O)(=O)NCCNc2[nH+]cc(C(F)(F)F)cc2Cl)c1. The van der Waals surface area contributed by atoms with E-state index in [0.29, 0.717) is 0 Å². The molecule has 0 aliphatic rings. The Kier molecular flexibility index (Phi) is 6.07. The number of aromatic nitrogens is 1. The molecule has 0 saturated carbocycles. The van der Waals surface area contributed by atoms with Gasteiger partial charge in [0.15, 0.2) is 0 Å². The normalized spacial score (nSPS) is 11.8. The first kappa shape index (κ1) is 20.0. The third-order valence-electron chi connectivity index (χ3n) is 3.21. The molecule has 138 valence electrons. The number of hydrogen-bond acceptors (Lipinski definition) is 4. The molecule has 0 atom stereocenters. The van der Waals surface area contributed by atoms with Gasteiger partial charge in [-0.2, -0.15) is 18.4 Å². The van der Waals surface area contributed by atoms with Crippen molar-refractivity contribution >= 4 is 27.4 Å². The molecule has 1 aromatic carbocycles. The van der Waals surface area contributed by atoms with Crippen molar-refractivity contribution in [2.45, 2.75) is 11.1 Å². The largest absolute Gasteiger partial charge is 0.419 e. The average molecular weight is 406 g/mol. The van der Waals surface area contributed by atoms with Crippen LogP contribution in [0.25, 0.3) is 0 Å². The Balaban J connectivity index is 1.95. The Morgan fingerprint density at radius 2 is 1.96 bits per heavy atom. The monoisotopic (exact) mass is 405 g/mol. The molecule has 2 rings (SSSR count). The quantitative estimate of drug-likeness (QED) is 0.721. The average Bonchev–Trinajstić information content (AvgIpc) is 2.59. The van der Waals surface area contributed by atoms with E-state index in [9.17, 15) is 21.6 Å². The van der Waals surface area contributed by atoms with Crippen LogP contribution >= 0.6 is 11.6 Å². The molecule has 0 bridgehead atoms. The lowest BCUT2D eigenvalue weighted by Crippen LogP contribution is -2.30. The fraction of sp³-hybridized carbons (Fsp3) is 0.200. The number of anilines is 1. The molecule has 0 amide bonds. The molecule has 3 N–H and O–H groups in total. The summed E-state index contributed by atoms with van der Waals surface area (Å²) in [6.07, 6.45) is -3.77. The summed E-state index contributed by atoms with van der Waals surface area (Å²) in [5.74, 6) is 0.130. The number of nitriles is 1. The molecule has 0 fully saturated rings. The zero-order valence-electron chi connectivity index (χ0n) is 13.1. The first-order valence-electron chi connectivity index (χ1n) is 7.15. The lowest BCUT2D eigenvalue weighted by atomic mass is 10.2. The number of hydrogen-bond donors (Lipinski definition) is 2. The third kappa shape index (κ3) is 5.08. The maximum atomic E-state index is 12.6. The number of benzene rings is 1. The summed E-state index contributed by atoms with van der Waals surface area (Å²) < 4.78 is 64.2. The van der Waals surface area contributed by atoms with Crippen molar-refractivity contribution in [2.75, 3.05) is 18.4 Å². The second-order valence-corrected chi connectivity index (χ2v) is 7.25. The van der Waals surface area contributed by atoms with Gasteiger partial charge in [-0.1, -0.05) is 17.7 Å². The van der Waals surface area contributed by atoms with Crippen LogP contribution in [0.4, 0.5) is 19.0 Å². The zero-order valence-corrected chi connectivity index (χ0v) is 14.6. The summed E-state index contributed by atoms with van der Waals surface area (Å²) in [7, 11) is -3.82. The standard InChI is InChI=1S/C15H12ClF3N4O2S/c16-13-7-11(15(17,18)19)9-22-14(13)21-4-5-23-26(24,25)12-3-1-2-10(6-12)8-20/h1-3,6-7,9,23H,4-5H2,(H,21,22)/p+1. The first-order chi connectivity index (χ1) is 12.1. The molecule has 1 aromatic heterocycles. The Hall–Kier alpha value is -2.35. The number of sulfonamides is 1. The summed E-state index contributed by atoms with van der Waals surface area (Å²) in [5.41, 5.74) is -0.719. The number of alkyl halides is 3. The van der Waals surface area contributed by atoms with Gasteiger partial charge >= 0.3 is 6.18 Å². The van der Waals surface area contributed by atoms with Crippen molar-refractivity contribution in [3.05, 3.63) is 52.7 Å². The van der Waals surface area contributed by atoms with Gasteiger partial charge in [0.25, 0.3) is 5.82 Å². The highest BCUT2D eigenvalue weighted by atomic mass is 35.5. The predicted octanol–water partition coefficient (Wildman–Crippen LogP) is 2.43. The van der Waals surface area contributed by atoms with Gasteiger partial charge in [-0.25, -0.2) is 18.1 Å². The molecule has 11 heteroatoms. The van der Waals surface area contributed by atoms with Gasteiger partial charge in [0, 0.05) is 6.54 Å². The number of halogens is 4. The molecule has 6 nitrogen and oxygen atoms in total. The van der Waals surface area contributed by atoms with Crippen LogP contribution in [0.5, 0.6) is 0 Å². The Labute approximate surface area is 152 Å². The van der Waals surface area contributed by atoms with E-state index in [1.165, 1.54) is 24.3 Å². The summed E-state index contributed by atoms with van der Waals surface area (Å²) in [5, 5.41) is 11.3. The lowest BCUT2D eigenvalue weighted by Gasteiger charge is -2.08. The number of nitrogens with zero attached hydrogens (tertiary/aromatic N) is 1. The topological polar surface area (TPSA) is 96.1 Å². The van der Waals surface area contributed by atoms with Gasteiger partial charge < -0.3 is 0 Å². The Bertz CT molecular complexity index is 943. The Morgan fingerprint density at radius 1 is 1.23 bits per heavy atom. The third-order valence-corrected chi connectivity index (χ3v) is 4.97. The van der Waals surface area contributed by atoms with Crippen LogP contribution in [0.3, 0.4) is 0 Å². The van der Waals surface area contributed by atoms with Crippen LogP contribution in [0.1, 0.15) is 11.1 Å². The van der Waals surface area contributed by atoms with Gasteiger partial charge in [-0.05, 0) is 24.3 Å². The van der Waals surface area contributed by atoms with Crippen LogP contribution < -0.4 is 15.0 Å². The molecular weight excluding hydrogens is 393 g/mol. The highest BCUT2D eigenvalue weighted by molar-refractivity contribution is 7.89. The zero-order chi connectivity index (χ0) is 19.4. The summed E-state index contributed by atoms with van der Waals surface area (Å²) >= 11 is 5.77. The minimum atomic E-state index is -4.52. The van der Waals surface area contributed by atoms with Crippen LogP contribution in [0.2, 0.25) is 5.02 Å². The number of H-pyrrole nitrogens is 1. The number of aromatic amines is 1. The van der Waals surface area contributed by atoms with Crippen molar-refractivity contribution in [1.82, 2.24) is 4.72 Å². The second-order valence-electron chi connectivity index (χ2n) is 5.07. The van der Waals surface area contributed by atoms with Gasteiger partial charge in [0.05, 0.1) is 28.6 Å². The minimum absolute atomic E-state index is 0.0513. The van der Waals surface area contributed by atoms with Gasteiger partial charge in [0.2, 0.25) is 10.0 Å². The van der Waals surface area contributed by atoms with Gasteiger partial charge in [-0.15, -0.1) is 0 Å². The van der Waals surface area contributed by atoms with Gasteiger partial charge in [-0.3, -0.25) is 5.32 Å². The van der Waals surface area contributed by atoms with E-state index in [1.807, 2.05) is 6.07 Å². The first-order valence-corrected chi connectivity index (χ1v) is 9.02. The predicted molar refractivity (Wildman–Crippen MR) is 87.8 cm³/mol. The minimum Gasteiger partial charge on any atom is -0.272 e. The lowest BCUT2D eigenvalue weighted by molar-refractivity contribution is -0.364. The number of pyridine rings is 1. The molecule has 26 heavy (non-hydrogen) atoms. The Morgan fingerprint density at radius 3 is 2.58 bits per heavy atom. The highest BCUT2D eigenvalue weighted by Crippen LogP contribution is 2.30. The molecule has 0 spiro atoms. The van der Waals surface area contributed by atoms with Crippen molar-refractivity contribution < 1.29 is 26.6 Å².